The van der Waals surface area contributed by atoms with Crippen molar-refractivity contribution in [1.82, 2.24) is 0 Å². The van der Waals surface area contributed by atoms with Crippen molar-refractivity contribution in [3.8, 4) is 0 Å². The maximum Gasteiger partial charge on any atom is 0.194 e. The maximum atomic E-state index is 12.7. The van der Waals surface area contributed by atoms with Crippen LogP contribution >= 0.6 is 0 Å². The molecule has 0 saturated carbocycles. The van der Waals surface area contributed by atoms with Gasteiger partial charge in [-0.25, -0.2) is 13.2 Å². The van der Waals surface area contributed by atoms with Crippen LogP contribution in [0.4, 0.5) is 18.9 Å². The van der Waals surface area contributed by atoms with Gasteiger partial charge in [-0.2, -0.15) is 0 Å². The Balaban J connectivity index is 3.39. The van der Waals surface area contributed by atoms with E-state index in [1.165, 1.54) is 6.92 Å². The fourth-order valence-corrected chi connectivity index (χ4v) is 0.836. The van der Waals surface area contributed by atoms with Crippen LogP contribution in [0.2, 0.25) is 0 Å². The van der Waals surface area contributed by atoms with E-state index in [2.05, 4.69) is 5.43 Å². The molecular formula is C7H7F3N2. The minimum atomic E-state index is -1.48. The highest BCUT2D eigenvalue weighted by atomic mass is 19.2. The van der Waals surface area contributed by atoms with E-state index in [1.54, 1.807) is 0 Å². The van der Waals surface area contributed by atoms with Crippen molar-refractivity contribution in [2.45, 2.75) is 6.92 Å². The minimum Gasteiger partial charge on any atom is -0.324 e. The number of nitrogen functional groups attached to an aromatic ring is 1. The van der Waals surface area contributed by atoms with Gasteiger partial charge in [-0.3, -0.25) is 5.84 Å². The molecule has 1 rings (SSSR count). The topological polar surface area (TPSA) is 38.0 Å². The summed E-state index contributed by atoms with van der Waals surface area (Å²) in [4.78, 5) is 0. The number of rotatable bonds is 1. The van der Waals surface area contributed by atoms with Gasteiger partial charge in [0.05, 0.1) is 5.69 Å². The van der Waals surface area contributed by atoms with Gasteiger partial charge < -0.3 is 5.43 Å². The van der Waals surface area contributed by atoms with Crippen LogP contribution in [-0.4, -0.2) is 0 Å². The zero-order valence-electron chi connectivity index (χ0n) is 6.29. The van der Waals surface area contributed by atoms with Crippen LogP contribution in [0.25, 0.3) is 0 Å². The highest BCUT2D eigenvalue weighted by Gasteiger charge is 2.14. The van der Waals surface area contributed by atoms with E-state index in [-0.39, 0.29) is 11.3 Å². The van der Waals surface area contributed by atoms with Crippen LogP contribution in [-0.2, 0) is 0 Å². The van der Waals surface area contributed by atoms with E-state index < -0.39 is 17.5 Å². The lowest BCUT2D eigenvalue weighted by molar-refractivity contribution is 0.444. The van der Waals surface area contributed by atoms with Gasteiger partial charge in [0.2, 0.25) is 0 Å². The van der Waals surface area contributed by atoms with Gasteiger partial charge in [-0.05, 0) is 6.92 Å². The summed E-state index contributed by atoms with van der Waals surface area (Å²) >= 11 is 0. The molecular weight excluding hydrogens is 169 g/mol. The molecule has 0 heterocycles. The Labute approximate surface area is 67.2 Å². The molecule has 0 aromatic heterocycles. The van der Waals surface area contributed by atoms with Gasteiger partial charge in [-0.1, -0.05) is 0 Å². The first-order valence-corrected chi connectivity index (χ1v) is 3.18. The second-order valence-corrected chi connectivity index (χ2v) is 2.30. The first kappa shape index (κ1) is 8.86. The highest BCUT2D eigenvalue weighted by Crippen LogP contribution is 2.22. The summed E-state index contributed by atoms with van der Waals surface area (Å²) in [5.74, 6) is 0.975. The molecule has 3 N–H and O–H groups in total. The molecule has 0 saturated heterocycles. The minimum absolute atomic E-state index is 0.0337. The lowest BCUT2D eigenvalue weighted by Crippen LogP contribution is -2.10. The molecule has 0 amide bonds. The Kier molecular flexibility index (Phi) is 2.23. The van der Waals surface area contributed by atoms with E-state index in [9.17, 15) is 13.2 Å². The zero-order chi connectivity index (χ0) is 9.30. The first-order chi connectivity index (χ1) is 5.57. The second kappa shape index (κ2) is 3.02. The Morgan fingerprint density at radius 3 is 2.33 bits per heavy atom. The SMILES string of the molecule is Cc1c(NN)cc(F)c(F)c1F. The number of benzene rings is 1. The van der Waals surface area contributed by atoms with Crippen LogP contribution < -0.4 is 11.3 Å². The third-order valence-electron chi connectivity index (χ3n) is 1.56. The molecule has 0 bridgehead atoms. The van der Waals surface area contributed by atoms with E-state index in [4.69, 9.17) is 5.84 Å². The van der Waals surface area contributed by atoms with E-state index >= 15 is 0 Å². The molecule has 0 spiro atoms. The smallest absolute Gasteiger partial charge is 0.194 e. The molecule has 0 aliphatic rings. The maximum absolute atomic E-state index is 12.7. The number of nitrogens with two attached hydrogens (primary N) is 1. The lowest BCUT2D eigenvalue weighted by atomic mass is 10.2. The largest absolute Gasteiger partial charge is 0.324 e. The summed E-state index contributed by atoms with van der Waals surface area (Å²) in [6, 6.07) is 0.799. The predicted octanol–water partition coefficient (Wildman–Crippen LogP) is 1.70. The predicted molar refractivity (Wildman–Crippen MR) is 38.9 cm³/mol. The summed E-state index contributed by atoms with van der Waals surface area (Å²) in [5.41, 5.74) is 2.05. The monoisotopic (exact) mass is 176 g/mol. The lowest BCUT2D eigenvalue weighted by Gasteiger charge is -2.06. The zero-order valence-corrected chi connectivity index (χ0v) is 6.29. The molecule has 0 fully saturated rings. The first-order valence-electron chi connectivity index (χ1n) is 3.18. The Morgan fingerprint density at radius 1 is 1.25 bits per heavy atom. The fourth-order valence-electron chi connectivity index (χ4n) is 0.836. The van der Waals surface area contributed by atoms with Crippen LogP contribution in [0.15, 0.2) is 6.07 Å². The molecule has 0 unspecified atom stereocenters. The highest BCUT2D eigenvalue weighted by molar-refractivity contribution is 5.50. The summed E-state index contributed by atoms with van der Waals surface area (Å²) in [6.45, 7) is 1.30. The molecule has 1 aromatic rings. The Bertz CT molecular complexity index is 312. The van der Waals surface area contributed by atoms with Crippen LogP contribution in [0.5, 0.6) is 0 Å². The van der Waals surface area contributed by atoms with Crippen LogP contribution in [0.3, 0.4) is 0 Å². The number of nitrogens with one attached hydrogen (secondary N) is 1. The van der Waals surface area contributed by atoms with Crippen molar-refractivity contribution in [3.63, 3.8) is 0 Å². The van der Waals surface area contributed by atoms with Gasteiger partial charge in [-0.15, -0.1) is 0 Å². The van der Waals surface area contributed by atoms with E-state index in [0.717, 1.165) is 6.07 Å². The van der Waals surface area contributed by atoms with Gasteiger partial charge in [0.1, 0.15) is 0 Å². The molecule has 0 atom stereocenters. The standard InChI is InChI=1S/C7H7F3N2/c1-3-5(12-11)2-4(8)7(10)6(3)9/h2,12H,11H2,1H3. The van der Waals surface area contributed by atoms with Crippen molar-refractivity contribution in [2.75, 3.05) is 5.43 Å². The van der Waals surface area contributed by atoms with E-state index in [1.807, 2.05) is 0 Å². The third-order valence-corrected chi connectivity index (χ3v) is 1.56. The van der Waals surface area contributed by atoms with Gasteiger partial charge in [0.25, 0.3) is 0 Å². The van der Waals surface area contributed by atoms with Crippen molar-refractivity contribution in [2.24, 2.45) is 5.84 Å². The number of hydrazine groups is 1. The number of hydrogen-bond donors (Lipinski definition) is 2. The molecule has 66 valence electrons. The van der Waals surface area contributed by atoms with Crippen molar-refractivity contribution in [1.29, 1.82) is 0 Å². The second-order valence-electron chi connectivity index (χ2n) is 2.30. The molecule has 12 heavy (non-hydrogen) atoms. The third kappa shape index (κ3) is 1.23. The van der Waals surface area contributed by atoms with Gasteiger partial charge >= 0.3 is 0 Å². The molecule has 0 aliphatic heterocycles. The van der Waals surface area contributed by atoms with Crippen LogP contribution in [0, 0.1) is 24.4 Å². The van der Waals surface area contributed by atoms with Crippen LogP contribution in [0.1, 0.15) is 5.56 Å². The van der Waals surface area contributed by atoms with Crippen molar-refractivity contribution < 1.29 is 13.2 Å². The average molecular weight is 176 g/mol. The van der Waals surface area contributed by atoms with Crippen molar-refractivity contribution >= 4 is 5.69 Å². The quantitative estimate of drug-likeness (QED) is 0.388. The Morgan fingerprint density at radius 2 is 1.83 bits per heavy atom. The summed E-state index contributed by atoms with van der Waals surface area (Å²) in [5, 5.41) is 0. The normalized spacial score (nSPS) is 10.1. The van der Waals surface area contributed by atoms with Gasteiger partial charge in [0.15, 0.2) is 17.5 Å². The molecule has 0 aliphatic carbocycles. The Hall–Kier alpha value is -1.23. The number of anilines is 1. The molecule has 0 radical (unpaired) electrons. The number of hydrogen-bond acceptors (Lipinski definition) is 2. The molecule has 2 nitrogen and oxygen atoms in total. The van der Waals surface area contributed by atoms with Gasteiger partial charge in [0, 0.05) is 11.6 Å². The summed E-state index contributed by atoms with van der Waals surface area (Å²) in [6.07, 6.45) is 0. The summed E-state index contributed by atoms with van der Waals surface area (Å²) in [7, 11) is 0. The molecule has 1 aromatic carbocycles. The van der Waals surface area contributed by atoms with Crippen molar-refractivity contribution in [3.05, 3.63) is 29.1 Å². The fraction of sp³-hybridized carbons (Fsp3) is 0.143. The summed E-state index contributed by atoms with van der Waals surface area (Å²) < 4.78 is 37.7. The average Bonchev–Trinajstić information content (AvgIpc) is 2.08. The van der Waals surface area contributed by atoms with E-state index in [0.29, 0.717) is 0 Å². The molecule has 5 heteroatoms. The number of halogens is 3.